The molecular formula is C8H11BrN2O2S. The Balaban J connectivity index is 2.08. The SMILES string of the molecule is O=S1(=O)C(Br)=CN=C1CN1CCCC1. The molecule has 0 saturated carbocycles. The van der Waals surface area contributed by atoms with E-state index in [1.54, 1.807) is 0 Å². The summed E-state index contributed by atoms with van der Waals surface area (Å²) >= 11 is 2.99. The van der Waals surface area contributed by atoms with Crippen molar-refractivity contribution in [3.05, 3.63) is 10.0 Å². The van der Waals surface area contributed by atoms with Gasteiger partial charge in [-0.3, -0.25) is 4.90 Å². The first-order valence-corrected chi connectivity index (χ1v) is 6.78. The lowest BCUT2D eigenvalue weighted by atomic mass is 10.4. The highest BCUT2D eigenvalue weighted by atomic mass is 79.9. The molecule has 0 spiro atoms. The number of aliphatic imine (C=N–C) groups is 1. The van der Waals surface area contributed by atoms with E-state index in [1.165, 1.54) is 6.20 Å². The van der Waals surface area contributed by atoms with E-state index in [4.69, 9.17) is 0 Å². The van der Waals surface area contributed by atoms with Gasteiger partial charge in [0.2, 0.25) is 9.84 Å². The van der Waals surface area contributed by atoms with Gasteiger partial charge in [-0.15, -0.1) is 0 Å². The molecule has 1 fully saturated rings. The van der Waals surface area contributed by atoms with E-state index in [1.807, 2.05) is 0 Å². The van der Waals surface area contributed by atoms with Crippen LogP contribution in [0.1, 0.15) is 12.8 Å². The summed E-state index contributed by atoms with van der Waals surface area (Å²) in [6.45, 7) is 2.41. The molecule has 0 N–H and O–H groups in total. The summed E-state index contributed by atoms with van der Waals surface area (Å²) in [7, 11) is -3.27. The predicted molar refractivity (Wildman–Crippen MR) is 59.0 cm³/mol. The maximum Gasteiger partial charge on any atom is 0.229 e. The van der Waals surface area contributed by atoms with Gasteiger partial charge in [0.25, 0.3) is 0 Å². The number of hydrogen-bond acceptors (Lipinski definition) is 4. The van der Waals surface area contributed by atoms with Crippen LogP contribution >= 0.6 is 15.9 Å². The third kappa shape index (κ3) is 1.78. The van der Waals surface area contributed by atoms with Crippen LogP contribution in [-0.2, 0) is 9.84 Å². The van der Waals surface area contributed by atoms with Crippen LogP contribution in [0.4, 0.5) is 0 Å². The predicted octanol–water partition coefficient (Wildman–Crippen LogP) is 1.10. The lowest BCUT2D eigenvalue weighted by Gasteiger charge is -2.13. The highest BCUT2D eigenvalue weighted by molar-refractivity contribution is 9.14. The minimum atomic E-state index is -3.27. The third-order valence-corrected chi connectivity index (χ3v) is 5.39. The van der Waals surface area contributed by atoms with Gasteiger partial charge in [-0.25, -0.2) is 13.4 Å². The van der Waals surface area contributed by atoms with Gasteiger partial charge in [-0.1, -0.05) is 0 Å². The Labute approximate surface area is 91.7 Å². The van der Waals surface area contributed by atoms with E-state index < -0.39 is 9.84 Å². The summed E-state index contributed by atoms with van der Waals surface area (Å²) < 4.78 is 23.4. The van der Waals surface area contributed by atoms with Gasteiger partial charge >= 0.3 is 0 Å². The van der Waals surface area contributed by atoms with Gasteiger partial charge in [-0.2, -0.15) is 0 Å². The lowest BCUT2D eigenvalue weighted by molar-refractivity contribution is 0.389. The molecule has 2 heterocycles. The summed E-state index contributed by atoms with van der Waals surface area (Å²) in [5.41, 5.74) is 0. The summed E-state index contributed by atoms with van der Waals surface area (Å²) in [6.07, 6.45) is 3.67. The Morgan fingerprint density at radius 1 is 1.43 bits per heavy atom. The van der Waals surface area contributed by atoms with Crippen LogP contribution in [0.25, 0.3) is 0 Å². The van der Waals surface area contributed by atoms with Crippen molar-refractivity contribution in [2.24, 2.45) is 4.99 Å². The van der Waals surface area contributed by atoms with Crippen LogP contribution in [0.2, 0.25) is 0 Å². The molecule has 0 aromatic carbocycles. The molecule has 2 aliphatic rings. The van der Waals surface area contributed by atoms with Gasteiger partial charge in [0, 0.05) is 0 Å². The fraction of sp³-hybridized carbons (Fsp3) is 0.625. The molecule has 6 heteroatoms. The first-order chi connectivity index (χ1) is 6.60. The zero-order chi connectivity index (χ0) is 10.2. The molecule has 0 amide bonds. The van der Waals surface area contributed by atoms with Crippen molar-refractivity contribution in [3.63, 3.8) is 0 Å². The average Bonchev–Trinajstić information content (AvgIpc) is 2.70. The van der Waals surface area contributed by atoms with E-state index in [0.29, 0.717) is 6.54 Å². The molecule has 14 heavy (non-hydrogen) atoms. The second kappa shape index (κ2) is 3.75. The number of hydrogen-bond donors (Lipinski definition) is 0. The van der Waals surface area contributed by atoms with Crippen LogP contribution < -0.4 is 0 Å². The molecule has 0 aliphatic carbocycles. The zero-order valence-electron chi connectivity index (χ0n) is 7.61. The van der Waals surface area contributed by atoms with E-state index in [9.17, 15) is 8.42 Å². The summed E-state index contributed by atoms with van der Waals surface area (Å²) in [4.78, 5) is 6.03. The van der Waals surface area contributed by atoms with Gasteiger partial charge in [0.15, 0.2) is 5.04 Å². The highest BCUT2D eigenvalue weighted by Crippen LogP contribution is 2.23. The highest BCUT2D eigenvalue weighted by Gasteiger charge is 2.29. The molecule has 0 unspecified atom stereocenters. The topological polar surface area (TPSA) is 49.7 Å². The fourth-order valence-electron chi connectivity index (χ4n) is 1.63. The van der Waals surface area contributed by atoms with Crippen LogP contribution in [0.5, 0.6) is 0 Å². The molecule has 0 bridgehead atoms. The molecular weight excluding hydrogens is 268 g/mol. The summed E-state index contributed by atoms with van der Waals surface area (Å²) in [5.74, 6) is 0. The van der Waals surface area contributed by atoms with Gasteiger partial charge in [0.1, 0.15) is 3.81 Å². The number of likely N-dealkylation sites (tertiary alicyclic amines) is 1. The number of nitrogens with zero attached hydrogens (tertiary/aromatic N) is 2. The van der Waals surface area contributed by atoms with Crippen molar-refractivity contribution in [1.29, 1.82) is 0 Å². The summed E-state index contributed by atoms with van der Waals surface area (Å²) in [5, 5.41) is 0.270. The van der Waals surface area contributed by atoms with Crippen molar-refractivity contribution in [2.45, 2.75) is 12.8 Å². The second-order valence-electron chi connectivity index (χ2n) is 3.44. The number of sulfone groups is 1. The van der Waals surface area contributed by atoms with Crippen molar-refractivity contribution in [1.82, 2.24) is 4.90 Å². The maximum atomic E-state index is 11.6. The van der Waals surface area contributed by atoms with E-state index in [-0.39, 0.29) is 8.86 Å². The first kappa shape index (κ1) is 10.3. The minimum Gasteiger partial charge on any atom is -0.297 e. The fourth-order valence-corrected chi connectivity index (χ4v) is 3.26. The first-order valence-electron chi connectivity index (χ1n) is 4.50. The van der Waals surface area contributed by atoms with Gasteiger partial charge in [0.05, 0.1) is 12.7 Å². The Bertz CT molecular complexity index is 394. The van der Waals surface area contributed by atoms with Gasteiger partial charge in [-0.05, 0) is 41.9 Å². The largest absolute Gasteiger partial charge is 0.297 e. The van der Waals surface area contributed by atoms with E-state index in [2.05, 4.69) is 25.8 Å². The molecule has 0 radical (unpaired) electrons. The standard InChI is InChI=1S/C8H11BrN2O2S/c9-7-5-10-8(14(7,12)13)6-11-3-1-2-4-11/h5H,1-4,6H2. The molecule has 0 aromatic rings. The molecule has 78 valence electrons. The molecule has 0 aromatic heterocycles. The van der Waals surface area contributed by atoms with Crippen LogP contribution in [0.15, 0.2) is 15.0 Å². The van der Waals surface area contributed by atoms with Gasteiger partial charge < -0.3 is 0 Å². The van der Waals surface area contributed by atoms with Crippen LogP contribution in [0.3, 0.4) is 0 Å². The smallest absolute Gasteiger partial charge is 0.229 e. The quantitative estimate of drug-likeness (QED) is 0.760. The Hall–Kier alpha value is -0.200. The third-order valence-electron chi connectivity index (χ3n) is 2.43. The average molecular weight is 279 g/mol. The second-order valence-corrected chi connectivity index (χ2v) is 6.74. The Kier molecular flexibility index (Phi) is 2.77. The molecule has 1 saturated heterocycles. The minimum absolute atomic E-state index is 0.180. The molecule has 4 nitrogen and oxygen atoms in total. The number of halogens is 1. The van der Waals surface area contributed by atoms with E-state index in [0.717, 1.165) is 25.9 Å². The van der Waals surface area contributed by atoms with Crippen molar-refractivity contribution < 1.29 is 8.42 Å². The van der Waals surface area contributed by atoms with E-state index >= 15 is 0 Å². The molecule has 2 rings (SSSR count). The lowest BCUT2D eigenvalue weighted by Crippen LogP contribution is -2.30. The Morgan fingerprint density at radius 2 is 2.07 bits per heavy atom. The molecule has 2 aliphatic heterocycles. The van der Waals surface area contributed by atoms with Crippen molar-refractivity contribution in [3.8, 4) is 0 Å². The van der Waals surface area contributed by atoms with Crippen molar-refractivity contribution >= 4 is 30.8 Å². The van der Waals surface area contributed by atoms with Crippen molar-refractivity contribution in [2.75, 3.05) is 19.6 Å². The monoisotopic (exact) mass is 278 g/mol. The normalized spacial score (nSPS) is 26.4. The maximum absolute atomic E-state index is 11.6. The Morgan fingerprint density at radius 3 is 2.57 bits per heavy atom. The van der Waals surface area contributed by atoms with Crippen LogP contribution in [-0.4, -0.2) is 38.0 Å². The summed E-state index contributed by atoms with van der Waals surface area (Å²) in [6, 6.07) is 0. The zero-order valence-corrected chi connectivity index (χ0v) is 10.0. The van der Waals surface area contributed by atoms with Crippen LogP contribution in [0, 0.1) is 0 Å². The molecule has 0 atom stereocenters. The number of rotatable bonds is 2.